The lowest BCUT2D eigenvalue weighted by Crippen LogP contribution is -2.38. The van der Waals surface area contributed by atoms with Crippen LogP contribution in [0.3, 0.4) is 0 Å². The predicted molar refractivity (Wildman–Crippen MR) is 99.0 cm³/mol. The van der Waals surface area contributed by atoms with Crippen LogP contribution in [0, 0.1) is 0 Å². The first kappa shape index (κ1) is 19.4. The van der Waals surface area contributed by atoms with Crippen molar-refractivity contribution in [1.29, 1.82) is 0 Å². The van der Waals surface area contributed by atoms with E-state index in [1.807, 2.05) is 19.2 Å². The lowest BCUT2D eigenvalue weighted by atomic mass is 10.1. The molecule has 0 saturated heterocycles. The minimum atomic E-state index is 0.533. The summed E-state index contributed by atoms with van der Waals surface area (Å²) in [5, 5.41) is 10.5. The van der Waals surface area contributed by atoms with Crippen LogP contribution in [0.4, 0.5) is 0 Å². The van der Waals surface area contributed by atoms with Crippen molar-refractivity contribution in [1.82, 2.24) is 25.4 Å². The van der Waals surface area contributed by atoms with E-state index in [1.54, 1.807) is 33.1 Å². The third kappa shape index (κ3) is 4.78. The lowest BCUT2D eigenvalue weighted by molar-refractivity contribution is 0.368. The first-order valence-corrected chi connectivity index (χ1v) is 8.19. The van der Waals surface area contributed by atoms with E-state index < -0.39 is 0 Å². The van der Waals surface area contributed by atoms with Gasteiger partial charge in [0.1, 0.15) is 29.4 Å². The Bertz CT molecular complexity index is 719. The molecule has 2 rings (SSSR count). The lowest BCUT2D eigenvalue weighted by Gasteiger charge is -2.16. The molecule has 1 aromatic heterocycles. The average Bonchev–Trinajstić information content (AvgIpc) is 3.08. The molecular formula is C17H26N6O3. The Morgan fingerprint density at radius 1 is 1.12 bits per heavy atom. The number of nitrogens with one attached hydrogen (secondary N) is 2. The summed E-state index contributed by atoms with van der Waals surface area (Å²) in [6.07, 6.45) is 2.22. The van der Waals surface area contributed by atoms with E-state index >= 15 is 0 Å². The standard InChI is InChI=1S/C17H26N6O3/c1-18-17(20-10-16-21-11-22-23(16)2)19-7-6-13-14(25-4)8-12(24-3)9-15(13)26-5/h8-9,11H,6-7,10H2,1-5H3,(H2,18,19,20). The van der Waals surface area contributed by atoms with Gasteiger partial charge in [0.2, 0.25) is 0 Å². The van der Waals surface area contributed by atoms with Crippen LogP contribution in [0.15, 0.2) is 23.5 Å². The van der Waals surface area contributed by atoms with Crippen LogP contribution >= 0.6 is 0 Å². The molecule has 0 aliphatic rings. The highest BCUT2D eigenvalue weighted by Crippen LogP contribution is 2.34. The third-order valence-corrected chi connectivity index (χ3v) is 3.93. The molecule has 0 radical (unpaired) electrons. The molecule has 9 nitrogen and oxygen atoms in total. The fourth-order valence-electron chi connectivity index (χ4n) is 2.49. The van der Waals surface area contributed by atoms with Crippen LogP contribution in [0.2, 0.25) is 0 Å². The van der Waals surface area contributed by atoms with Crippen LogP contribution in [0.1, 0.15) is 11.4 Å². The second-order valence-corrected chi connectivity index (χ2v) is 5.41. The Hall–Kier alpha value is -2.97. The van der Waals surface area contributed by atoms with Crippen molar-refractivity contribution >= 4 is 5.96 Å². The van der Waals surface area contributed by atoms with Gasteiger partial charge in [0.05, 0.1) is 27.9 Å². The van der Waals surface area contributed by atoms with Crippen LogP contribution in [-0.2, 0) is 20.0 Å². The number of benzene rings is 1. The van der Waals surface area contributed by atoms with Crippen LogP contribution in [0.5, 0.6) is 17.2 Å². The Balaban J connectivity index is 1.96. The van der Waals surface area contributed by atoms with E-state index in [0.717, 1.165) is 22.9 Å². The van der Waals surface area contributed by atoms with Gasteiger partial charge in [-0.05, 0) is 6.42 Å². The summed E-state index contributed by atoms with van der Waals surface area (Å²) in [4.78, 5) is 8.39. The molecule has 9 heteroatoms. The number of aryl methyl sites for hydroxylation is 1. The van der Waals surface area contributed by atoms with Crippen molar-refractivity contribution in [3.63, 3.8) is 0 Å². The maximum atomic E-state index is 5.47. The summed E-state index contributed by atoms with van der Waals surface area (Å²) in [6.45, 7) is 1.18. The SMILES string of the molecule is CN=C(NCCc1c(OC)cc(OC)cc1OC)NCc1ncnn1C. The zero-order valence-corrected chi connectivity index (χ0v) is 15.9. The van der Waals surface area contributed by atoms with Gasteiger partial charge in [0, 0.05) is 38.3 Å². The fraction of sp³-hybridized carbons (Fsp3) is 0.471. The van der Waals surface area contributed by atoms with E-state index in [1.165, 1.54) is 6.33 Å². The summed E-state index contributed by atoms with van der Waals surface area (Å²) in [6, 6.07) is 3.69. The molecule has 0 saturated carbocycles. The van der Waals surface area contributed by atoms with Gasteiger partial charge in [-0.2, -0.15) is 5.10 Å². The maximum Gasteiger partial charge on any atom is 0.191 e. The molecule has 142 valence electrons. The molecule has 0 spiro atoms. The molecule has 0 aliphatic heterocycles. The molecular weight excluding hydrogens is 336 g/mol. The topological polar surface area (TPSA) is 94.8 Å². The van der Waals surface area contributed by atoms with Crippen LogP contribution < -0.4 is 24.8 Å². The average molecular weight is 362 g/mol. The van der Waals surface area contributed by atoms with Crippen molar-refractivity contribution in [3.8, 4) is 17.2 Å². The van der Waals surface area contributed by atoms with Gasteiger partial charge in [-0.1, -0.05) is 0 Å². The quantitative estimate of drug-likeness (QED) is 0.528. The summed E-state index contributed by atoms with van der Waals surface area (Å²) in [5.74, 6) is 3.65. The van der Waals surface area contributed by atoms with Crippen LogP contribution in [-0.4, -0.2) is 55.6 Å². The highest BCUT2D eigenvalue weighted by Gasteiger charge is 2.13. The largest absolute Gasteiger partial charge is 0.496 e. The molecule has 0 fully saturated rings. The molecule has 0 unspecified atom stereocenters. The summed E-state index contributed by atoms with van der Waals surface area (Å²) >= 11 is 0. The molecule has 2 aromatic rings. The molecule has 1 heterocycles. The number of rotatable bonds is 8. The van der Waals surface area contributed by atoms with E-state index in [0.29, 0.717) is 31.2 Å². The Morgan fingerprint density at radius 3 is 2.31 bits per heavy atom. The van der Waals surface area contributed by atoms with E-state index in [2.05, 4.69) is 25.7 Å². The number of nitrogens with zero attached hydrogens (tertiary/aromatic N) is 4. The molecule has 1 aromatic carbocycles. The number of hydrogen-bond acceptors (Lipinski definition) is 6. The summed E-state index contributed by atoms with van der Waals surface area (Å²) < 4.78 is 17.9. The Labute approximate surface area is 153 Å². The van der Waals surface area contributed by atoms with Crippen molar-refractivity contribution < 1.29 is 14.2 Å². The predicted octanol–water partition coefficient (Wildman–Crippen LogP) is 0.749. The smallest absolute Gasteiger partial charge is 0.191 e. The van der Waals surface area contributed by atoms with E-state index in [9.17, 15) is 0 Å². The van der Waals surface area contributed by atoms with Gasteiger partial charge < -0.3 is 24.8 Å². The fourth-order valence-corrected chi connectivity index (χ4v) is 2.49. The Kier molecular flexibility index (Phi) is 7.07. The van der Waals surface area contributed by atoms with Crippen molar-refractivity contribution in [3.05, 3.63) is 29.8 Å². The Morgan fingerprint density at radius 2 is 1.81 bits per heavy atom. The number of hydrogen-bond donors (Lipinski definition) is 2. The third-order valence-electron chi connectivity index (χ3n) is 3.93. The molecule has 2 N–H and O–H groups in total. The van der Waals surface area contributed by atoms with Gasteiger partial charge in [0.25, 0.3) is 0 Å². The van der Waals surface area contributed by atoms with Gasteiger partial charge in [-0.15, -0.1) is 0 Å². The van der Waals surface area contributed by atoms with Crippen molar-refractivity contribution in [2.45, 2.75) is 13.0 Å². The van der Waals surface area contributed by atoms with Crippen molar-refractivity contribution in [2.24, 2.45) is 12.0 Å². The summed E-state index contributed by atoms with van der Waals surface area (Å²) in [7, 11) is 8.45. The highest BCUT2D eigenvalue weighted by atomic mass is 16.5. The summed E-state index contributed by atoms with van der Waals surface area (Å²) in [5.41, 5.74) is 0.965. The van der Waals surface area contributed by atoms with Gasteiger partial charge in [-0.25, -0.2) is 4.98 Å². The second kappa shape index (κ2) is 9.50. The molecule has 0 atom stereocenters. The molecule has 0 aliphatic carbocycles. The van der Waals surface area contributed by atoms with E-state index in [4.69, 9.17) is 14.2 Å². The maximum absolute atomic E-state index is 5.47. The normalized spacial score (nSPS) is 11.2. The molecule has 0 bridgehead atoms. The molecule has 26 heavy (non-hydrogen) atoms. The number of aromatic nitrogens is 3. The number of aliphatic imine (C=N–C) groups is 1. The number of guanidine groups is 1. The minimum Gasteiger partial charge on any atom is -0.496 e. The first-order valence-electron chi connectivity index (χ1n) is 8.19. The monoisotopic (exact) mass is 362 g/mol. The van der Waals surface area contributed by atoms with Crippen LogP contribution in [0.25, 0.3) is 0 Å². The number of methoxy groups -OCH3 is 3. The van der Waals surface area contributed by atoms with Gasteiger partial charge >= 0.3 is 0 Å². The van der Waals surface area contributed by atoms with Gasteiger partial charge in [-0.3, -0.25) is 9.67 Å². The van der Waals surface area contributed by atoms with E-state index in [-0.39, 0.29) is 0 Å². The zero-order chi connectivity index (χ0) is 18.9. The zero-order valence-electron chi connectivity index (χ0n) is 15.9. The number of ether oxygens (including phenoxy) is 3. The van der Waals surface area contributed by atoms with Crippen molar-refractivity contribution in [2.75, 3.05) is 34.9 Å². The highest BCUT2D eigenvalue weighted by molar-refractivity contribution is 5.79. The second-order valence-electron chi connectivity index (χ2n) is 5.41. The van der Waals surface area contributed by atoms with Gasteiger partial charge in [0.15, 0.2) is 5.96 Å². The minimum absolute atomic E-state index is 0.533. The molecule has 0 amide bonds. The first-order chi connectivity index (χ1) is 12.6.